The van der Waals surface area contributed by atoms with Crippen LogP contribution >= 0.6 is 0 Å². The van der Waals surface area contributed by atoms with E-state index in [2.05, 4.69) is 42.9 Å². The summed E-state index contributed by atoms with van der Waals surface area (Å²) in [4.78, 5) is 6.61. The molecule has 0 N–H and O–H groups in total. The highest BCUT2D eigenvalue weighted by Crippen LogP contribution is 2.17. The smallest absolute Gasteiger partial charge is 0.243 e. The third-order valence-corrected chi connectivity index (χ3v) is 2.88. The van der Waals surface area contributed by atoms with E-state index >= 15 is 0 Å². The molecule has 16 heavy (non-hydrogen) atoms. The summed E-state index contributed by atoms with van der Waals surface area (Å²) in [6.45, 7) is 9.67. The minimum Gasteiger partial charge on any atom is -0.338 e. The Kier molecular flexibility index (Phi) is 4.93. The normalized spacial score (nSPS) is 13.7. The third-order valence-electron chi connectivity index (χ3n) is 2.88. The van der Waals surface area contributed by atoms with Gasteiger partial charge in [0, 0.05) is 6.42 Å². The van der Waals surface area contributed by atoms with Crippen molar-refractivity contribution in [2.75, 3.05) is 13.6 Å². The first-order valence-corrected chi connectivity index (χ1v) is 6.07. The van der Waals surface area contributed by atoms with Gasteiger partial charge in [-0.1, -0.05) is 25.9 Å². The van der Waals surface area contributed by atoms with Crippen molar-refractivity contribution >= 4 is 0 Å². The second-order valence-electron chi connectivity index (χ2n) is 4.74. The van der Waals surface area contributed by atoms with Gasteiger partial charge in [0.2, 0.25) is 5.89 Å². The summed E-state index contributed by atoms with van der Waals surface area (Å²) in [6.07, 6.45) is 2.02. The molecule has 1 aromatic heterocycles. The van der Waals surface area contributed by atoms with Crippen LogP contribution in [0.4, 0.5) is 0 Å². The van der Waals surface area contributed by atoms with Crippen molar-refractivity contribution in [3.05, 3.63) is 11.7 Å². The van der Waals surface area contributed by atoms with E-state index in [1.165, 1.54) is 6.42 Å². The van der Waals surface area contributed by atoms with Crippen LogP contribution in [0.5, 0.6) is 0 Å². The molecule has 0 spiro atoms. The lowest BCUT2D eigenvalue weighted by atomic mass is 10.1. The van der Waals surface area contributed by atoms with E-state index in [0.29, 0.717) is 0 Å². The van der Waals surface area contributed by atoms with E-state index < -0.39 is 0 Å². The van der Waals surface area contributed by atoms with E-state index in [1.54, 1.807) is 0 Å². The predicted molar refractivity (Wildman–Crippen MR) is 64.2 cm³/mol. The number of hydrogen-bond donors (Lipinski definition) is 0. The molecule has 0 aliphatic heterocycles. The van der Waals surface area contributed by atoms with E-state index in [4.69, 9.17) is 4.52 Å². The molecular formula is C12H23N3O. The lowest BCUT2D eigenvalue weighted by Crippen LogP contribution is -2.24. The van der Waals surface area contributed by atoms with Gasteiger partial charge < -0.3 is 4.52 Å². The number of rotatable bonds is 6. The molecule has 1 unspecified atom stereocenters. The average Bonchev–Trinajstić information content (AvgIpc) is 2.73. The largest absolute Gasteiger partial charge is 0.338 e. The second kappa shape index (κ2) is 5.99. The first-order valence-electron chi connectivity index (χ1n) is 6.07. The predicted octanol–water partition coefficient (Wildman–Crippen LogP) is 2.67. The molecule has 4 heteroatoms. The molecule has 0 radical (unpaired) electrons. The maximum Gasteiger partial charge on any atom is 0.243 e. The van der Waals surface area contributed by atoms with Crippen molar-refractivity contribution in [1.29, 1.82) is 0 Å². The minimum atomic E-state index is 0.201. The van der Waals surface area contributed by atoms with E-state index in [-0.39, 0.29) is 6.04 Å². The fraction of sp³-hybridized carbons (Fsp3) is 0.833. The molecule has 1 aromatic rings. The first-order chi connectivity index (χ1) is 7.54. The van der Waals surface area contributed by atoms with Gasteiger partial charge in [0.25, 0.3) is 0 Å². The molecule has 1 rings (SSSR count). The van der Waals surface area contributed by atoms with Crippen LogP contribution in [0.25, 0.3) is 0 Å². The van der Waals surface area contributed by atoms with E-state index in [9.17, 15) is 0 Å². The van der Waals surface area contributed by atoms with Crippen LogP contribution in [0.3, 0.4) is 0 Å². The zero-order chi connectivity index (χ0) is 12.1. The van der Waals surface area contributed by atoms with Crippen molar-refractivity contribution in [2.45, 2.75) is 46.6 Å². The van der Waals surface area contributed by atoms with Crippen molar-refractivity contribution < 1.29 is 4.52 Å². The molecule has 0 saturated heterocycles. The van der Waals surface area contributed by atoms with Crippen LogP contribution in [0.15, 0.2) is 4.52 Å². The fourth-order valence-corrected chi connectivity index (χ4v) is 1.42. The van der Waals surface area contributed by atoms with Crippen LogP contribution in [0.1, 0.15) is 51.9 Å². The molecule has 0 bridgehead atoms. The Morgan fingerprint density at radius 2 is 2.00 bits per heavy atom. The second-order valence-corrected chi connectivity index (χ2v) is 4.74. The Hall–Kier alpha value is -0.900. The van der Waals surface area contributed by atoms with Gasteiger partial charge in [-0.25, -0.2) is 0 Å². The first kappa shape index (κ1) is 13.2. The lowest BCUT2D eigenvalue weighted by molar-refractivity contribution is 0.200. The van der Waals surface area contributed by atoms with Crippen molar-refractivity contribution in [3.8, 4) is 0 Å². The Morgan fingerprint density at radius 3 is 2.50 bits per heavy atom. The Labute approximate surface area is 98.0 Å². The van der Waals surface area contributed by atoms with Gasteiger partial charge in [0.05, 0.1) is 6.04 Å². The summed E-state index contributed by atoms with van der Waals surface area (Å²) in [6, 6.07) is 0.201. The van der Waals surface area contributed by atoms with E-state index in [1.807, 2.05) is 6.92 Å². The summed E-state index contributed by atoms with van der Waals surface area (Å²) < 4.78 is 5.24. The highest BCUT2D eigenvalue weighted by molar-refractivity contribution is 4.91. The number of nitrogens with zero attached hydrogens (tertiary/aromatic N) is 3. The maximum atomic E-state index is 5.24. The van der Waals surface area contributed by atoms with Crippen LogP contribution < -0.4 is 0 Å². The Balaban J connectivity index is 2.52. The SMILES string of the molecule is CCc1noc(C(C)N(C)CCC(C)C)n1. The molecule has 4 nitrogen and oxygen atoms in total. The molecule has 0 aliphatic rings. The topological polar surface area (TPSA) is 42.2 Å². The van der Waals surface area contributed by atoms with E-state index in [0.717, 1.165) is 30.6 Å². The highest BCUT2D eigenvalue weighted by Gasteiger charge is 2.18. The molecule has 0 saturated carbocycles. The van der Waals surface area contributed by atoms with Gasteiger partial charge in [0.15, 0.2) is 5.82 Å². The summed E-state index contributed by atoms with van der Waals surface area (Å²) >= 11 is 0. The lowest BCUT2D eigenvalue weighted by Gasteiger charge is -2.22. The maximum absolute atomic E-state index is 5.24. The van der Waals surface area contributed by atoms with Gasteiger partial charge >= 0.3 is 0 Å². The number of aromatic nitrogens is 2. The monoisotopic (exact) mass is 225 g/mol. The molecule has 0 aromatic carbocycles. The van der Waals surface area contributed by atoms with Gasteiger partial charge in [0.1, 0.15) is 0 Å². The molecule has 92 valence electrons. The van der Waals surface area contributed by atoms with Crippen molar-refractivity contribution in [1.82, 2.24) is 15.0 Å². The highest BCUT2D eigenvalue weighted by atomic mass is 16.5. The van der Waals surface area contributed by atoms with Crippen LogP contribution in [0, 0.1) is 5.92 Å². The standard InChI is InChI=1S/C12H23N3O/c1-6-11-13-12(16-14-11)10(4)15(5)8-7-9(2)3/h9-10H,6-8H2,1-5H3. The molecule has 1 heterocycles. The van der Waals surface area contributed by atoms with Gasteiger partial charge in [-0.3, -0.25) is 4.90 Å². The third kappa shape index (κ3) is 3.59. The molecule has 0 amide bonds. The average molecular weight is 225 g/mol. The molecule has 0 fully saturated rings. The van der Waals surface area contributed by atoms with Gasteiger partial charge in [-0.15, -0.1) is 0 Å². The zero-order valence-corrected chi connectivity index (χ0v) is 11.0. The fourth-order valence-electron chi connectivity index (χ4n) is 1.42. The van der Waals surface area contributed by atoms with Crippen LogP contribution in [0.2, 0.25) is 0 Å². The van der Waals surface area contributed by atoms with Crippen LogP contribution in [-0.2, 0) is 6.42 Å². The Morgan fingerprint density at radius 1 is 1.31 bits per heavy atom. The minimum absolute atomic E-state index is 0.201. The van der Waals surface area contributed by atoms with Crippen molar-refractivity contribution in [3.63, 3.8) is 0 Å². The van der Waals surface area contributed by atoms with Gasteiger partial charge in [-0.2, -0.15) is 4.98 Å². The van der Waals surface area contributed by atoms with Crippen LogP contribution in [-0.4, -0.2) is 28.6 Å². The molecule has 1 atom stereocenters. The van der Waals surface area contributed by atoms with Crippen molar-refractivity contribution in [2.24, 2.45) is 5.92 Å². The Bertz CT molecular complexity index is 309. The number of hydrogen-bond acceptors (Lipinski definition) is 4. The summed E-state index contributed by atoms with van der Waals surface area (Å²) in [7, 11) is 2.10. The molecule has 0 aliphatic carbocycles. The summed E-state index contributed by atoms with van der Waals surface area (Å²) in [5.41, 5.74) is 0. The summed E-state index contributed by atoms with van der Waals surface area (Å²) in [5.74, 6) is 2.24. The number of aryl methyl sites for hydroxylation is 1. The molecular weight excluding hydrogens is 202 g/mol. The quantitative estimate of drug-likeness (QED) is 0.746. The summed E-state index contributed by atoms with van der Waals surface area (Å²) in [5, 5.41) is 3.92. The zero-order valence-electron chi connectivity index (χ0n) is 11.0. The van der Waals surface area contributed by atoms with Gasteiger partial charge in [-0.05, 0) is 32.9 Å².